The van der Waals surface area contributed by atoms with Gasteiger partial charge in [0.15, 0.2) is 0 Å². The number of ether oxygens (including phenoxy) is 1. The molecule has 1 aliphatic rings. The predicted molar refractivity (Wildman–Crippen MR) is 75.4 cm³/mol. The fraction of sp³-hybridized carbons (Fsp3) is 0.176. The highest BCUT2D eigenvalue weighted by atomic mass is 19.4. The van der Waals surface area contributed by atoms with E-state index in [0.717, 1.165) is 11.1 Å². The number of alkyl halides is 3. The predicted octanol–water partition coefficient (Wildman–Crippen LogP) is 5.13. The molecule has 1 atom stereocenters. The molecule has 0 radical (unpaired) electrons. The minimum Gasteiger partial charge on any atom is -0.475 e. The lowest BCUT2D eigenvalue weighted by molar-refractivity contribution is -0.201. The molecular weight excluding hydrogens is 277 g/mol. The molecule has 0 N–H and O–H groups in total. The lowest BCUT2D eigenvalue weighted by Crippen LogP contribution is -2.19. The highest BCUT2D eigenvalue weighted by molar-refractivity contribution is 5.81. The molecule has 0 fully saturated rings. The van der Waals surface area contributed by atoms with Gasteiger partial charge in [-0.1, -0.05) is 54.1 Å². The molecule has 21 heavy (non-hydrogen) atoms. The van der Waals surface area contributed by atoms with Crippen LogP contribution in [0, 0.1) is 6.92 Å². The van der Waals surface area contributed by atoms with Gasteiger partial charge in [0.05, 0.1) is 0 Å². The number of hydrogen-bond acceptors (Lipinski definition) is 1. The van der Waals surface area contributed by atoms with Crippen LogP contribution in [0.25, 0.3) is 11.8 Å². The van der Waals surface area contributed by atoms with Crippen LogP contribution in [-0.2, 0) is 4.74 Å². The van der Waals surface area contributed by atoms with Gasteiger partial charge in [-0.15, -0.1) is 0 Å². The summed E-state index contributed by atoms with van der Waals surface area (Å²) in [5.41, 5.74) is 2.58. The molecule has 0 saturated carbocycles. The Hall–Kier alpha value is -2.23. The number of rotatable bonds is 1. The van der Waals surface area contributed by atoms with Crippen molar-refractivity contribution in [2.75, 3.05) is 0 Å². The molecule has 4 heteroatoms. The first-order valence-corrected chi connectivity index (χ1v) is 6.56. The third-order valence-corrected chi connectivity index (χ3v) is 3.43. The maximum atomic E-state index is 13.1. The minimum atomic E-state index is -4.42. The van der Waals surface area contributed by atoms with Gasteiger partial charge in [0.25, 0.3) is 0 Å². The van der Waals surface area contributed by atoms with E-state index in [1.54, 1.807) is 24.3 Å². The zero-order valence-electron chi connectivity index (χ0n) is 11.3. The molecule has 3 rings (SSSR count). The van der Waals surface area contributed by atoms with Crippen LogP contribution in [0.1, 0.15) is 28.4 Å². The van der Waals surface area contributed by atoms with Crippen LogP contribution in [-0.4, -0.2) is 6.18 Å². The van der Waals surface area contributed by atoms with E-state index in [2.05, 4.69) is 0 Å². The molecule has 1 aliphatic heterocycles. The molecule has 1 nitrogen and oxygen atoms in total. The van der Waals surface area contributed by atoms with Gasteiger partial charge in [-0.3, -0.25) is 0 Å². The molecule has 108 valence electrons. The first-order valence-electron chi connectivity index (χ1n) is 6.56. The molecule has 1 heterocycles. The summed E-state index contributed by atoms with van der Waals surface area (Å²) in [5, 5.41) is 0. The summed E-state index contributed by atoms with van der Waals surface area (Å²) in [5.74, 6) is 0.261. The fourth-order valence-electron chi connectivity index (χ4n) is 2.37. The van der Waals surface area contributed by atoms with Crippen LogP contribution < -0.4 is 0 Å². The Kier molecular flexibility index (Phi) is 3.24. The van der Waals surface area contributed by atoms with Crippen molar-refractivity contribution >= 4 is 11.8 Å². The summed E-state index contributed by atoms with van der Waals surface area (Å²) in [6.45, 7) is 1.96. The van der Waals surface area contributed by atoms with Gasteiger partial charge in [0.2, 0.25) is 6.10 Å². The average molecular weight is 290 g/mol. The average Bonchev–Trinajstić information content (AvgIpc) is 2.81. The quantitative estimate of drug-likeness (QED) is 0.707. The molecule has 0 amide bonds. The van der Waals surface area contributed by atoms with Gasteiger partial charge < -0.3 is 4.74 Å². The second-order valence-corrected chi connectivity index (χ2v) is 5.05. The topological polar surface area (TPSA) is 9.23 Å². The first kappa shape index (κ1) is 13.7. The van der Waals surface area contributed by atoms with Crippen LogP contribution in [0.15, 0.2) is 48.5 Å². The SMILES string of the molecule is Cc1ccc(/C=C2\OC(C(F)(F)F)c3ccccc32)cc1. The van der Waals surface area contributed by atoms with Gasteiger partial charge in [-0.2, -0.15) is 13.2 Å². The second kappa shape index (κ2) is 4.95. The van der Waals surface area contributed by atoms with E-state index in [4.69, 9.17) is 4.74 Å². The molecule has 1 unspecified atom stereocenters. The molecule has 0 saturated heterocycles. The Morgan fingerprint density at radius 1 is 1.00 bits per heavy atom. The Morgan fingerprint density at radius 2 is 1.67 bits per heavy atom. The summed E-state index contributed by atoms with van der Waals surface area (Å²) in [6.07, 6.45) is -4.66. The Morgan fingerprint density at radius 3 is 2.33 bits per heavy atom. The monoisotopic (exact) mass is 290 g/mol. The third-order valence-electron chi connectivity index (χ3n) is 3.43. The first-order chi connectivity index (χ1) is 9.95. The van der Waals surface area contributed by atoms with Crippen molar-refractivity contribution in [3.63, 3.8) is 0 Å². The largest absolute Gasteiger partial charge is 0.475 e. The Labute approximate surface area is 120 Å². The number of fused-ring (bicyclic) bond motifs is 1. The molecular formula is C17H13F3O. The summed E-state index contributed by atoms with van der Waals surface area (Å²) < 4.78 is 44.3. The number of hydrogen-bond donors (Lipinski definition) is 0. The lowest BCUT2D eigenvalue weighted by Gasteiger charge is -2.15. The van der Waals surface area contributed by atoms with Crippen molar-refractivity contribution in [2.45, 2.75) is 19.2 Å². The number of halogens is 3. The van der Waals surface area contributed by atoms with E-state index in [-0.39, 0.29) is 11.3 Å². The molecule has 0 aromatic heterocycles. The van der Waals surface area contributed by atoms with Crippen molar-refractivity contribution in [2.24, 2.45) is 0 Å². The van der Waals surface area contributed by atoms with E-state index in [0.29, 0.717) is 5.56 Å². The van der Waals surface area contributed by atoms with Crippen LogP contribution in [0.3, 0.4) is 0 Å². The highest BCUT2D eigenvalue weighted by Crippen LogP contribution is 2.47. The van der Waals surface area contributed by atoms with Crippen molar-refractivity contribution in [3.8, 4) is 0 Å². The van der Waals surface area contributed by atoms with E-state index in [1.807, 2.05) is 31.2 Å². The summed E-state index contributed by atoms with van der Waals surface area (Å²) in [6, 6.07) is 14.0. The minimum absolute atomic E-state index is 0.170. The van der Waals surface area contributed by atoms with Crippen LogP contribution in [0.2, 0.25) is 0 Å². The van der Waals surface area contributed by atoms with Gasteiger partial charge in [0, 0.05) is 11.1 Å². The number of aryl methyl sites for hydroxylation is 1. The van der Waals surface area contributed by atoms with Crippen molar-refractivity contribution in [1.29, 1.82) is 0 Å². The van der Waals surface area contributed by atoms with Crippen LogP contribution in [0.4, 0.5) is 13.2 Å². The summed E-state index contributed by atoms with van der Waals surface area (Å²) >= 11 is 0. The van der Waals surface area contributed by atoms with Crippen molar-refractivity contribution in [1.82, 2.24) is 0 Å². The van der Waals surface area contributed by atoms with E-state index >= 15 is 0 Å². The van der Waals surface area contributed by atoms with Gasteiger partial charge in [-0.25, -0.2) is 0 Å². The fourth-order valence-corrected chi connectivity index (χ4v) is 2.37. The van der Waals surface area contributed by atoms with Crippen molar-refractivity contribution in [3.05, 3.63) is 70.8 Å². The standard InChI is InChI=1S/C17H13F3O/c1-11-6-8-12(9-7-11)10-15-13-4-2-3-5-14(13)16(21-15)17(18,19)20/h2-10,16H,1H3/b15-10-. The molecule has 0 spiro atoms. The second-order valence-electron chi connectivity index (χ2n) is 5.05. The Balaban J connectivity index is 2.03. The summed E-state index contributed by atoms with van der Waals surface area (Å²) in [4.78, 5) is 0. The molecule has 2 aromatic carbocycles. The van der Waals surface area contributed by atoms with Gasteiger partial charge >= 0.3 is 6.18 Å². The zero-order valence-corrected chi connectivity index (χ0v) is 11.3. The molecule has 0 bridgehead atoms. The normalized spacial score (nSPS) is 19.4. The van der Waals surface area contributed by atoms with Crippen molar-refractivity contribution < 1.29 is 17.9 Å². The van der Waals surface area contributed by atoms with E-state index < -0.39 is 12.3 Å². The maximum Gasteiger partial charge on any atom is 0.429 e. The summed E-state index contributed by atoms with van der Waals surface area (Å²) in [7, 11) is 0. The zero-order chi connectivity index (χ0) is 15.0. The molecule has 0 aliphatic carbocycles. The van der Waals surface area contributed by atoms with Crippen LogP contribution in [0.5, 0.6) is 0 Å². The van der Waals surface area contributed by atoms with E-state index in [9.17, 15) is 13.2 Å². The van der Waals surface area contributed by atoms with Crippen LogP contribution >= 0.6 is 0 Å². The van der Waals surface area contributed by atoms with Gasteiger partial charge in [0.1, 0.15) is 5.76 Å². The number of benzene rings is 2. The third kappa shape index (κ3) is 2.66. The maximum absolute atomic E-state index is 13.1. The highest BCUT2D eigenvalue weighted by Gasteiger charge is 2.48. The Bertz CT molecular complexity index is 684. The molecule has 2 aromatic rings. The lowest BCUT2D eigenvalue weighted by atomic mass is 10.0. The van der Waals surface area contributed by atoms with Gasteiger partial charge in [-0.05, 0) is 18.6 Å². The smallest absolute Gasteiger partial charge is 0.429 e. The van der Waals surface area contributed by atoms with E-state index in [1.165, 1.54) is 6.07 Å².